The van der Waals surface area contributed by atoms with Gasteiger partial charge < -0.3 is 9.64 Å². The van der Waals surface area contributed by atoms with Crippen LogP contribution in [0.25, 0.3) is 0 Å². The summed E-state index contributed by atoms with van der Waals surface area (Å²) in [4.78, 5) is 14.8. The summed E-state index contributed by atoms with van der Waals surface area (Å²) in [5, 5.41) is 0. The number of rotatable bonds is 4. The maximum Gasteiger partial charge on any atom is 0.312 e. The Kier molecular flexibility index (Phi) is 4.41. The Morgan fingerprint density at radius 2 is 1.67 bits per heavy atom. The van der Waals surface area contributed by atoms with Gasteiger partial charge in [-0.2, -0.15) is 0 Å². The molecule has 0 radical (unpaired) electrons. The number of hydrogen-bond acceptors (Lipinski definition) is 3. The molecule has 0 amide bonds. The quantitative estimate of drug-likeness (QED) is 0.744. The van der Waals surface area contributed by atoms with E-state index in [-0.39, 0.29) is 23.8 Å². The zero-order valence-electron chi connectivity index (χ0n) is 13.9. The number of ether oxygens (including phenoxy) is 1. The zero-order chi connectivity index (χ0) is 14.6. The topological polar surface area (TPSA) is 29.5 Å². The minimum atomic E-state index is -0.158. The summed E-state index contributed by atoms with van der Waals surface area (Å²) < 4.78 is 5.65. The van der Waals surface area contributed by atoms with Crippen LogP contribution < -0.4 is 0 Å². The van der Waals surface area contributed by atoms with Crippen molar-refractivity contribution in [3.8, 4) is 0 Å². The van der Waals surface area contributed by atoms with Crippen LogP contribution in [0.5, 0.6) is 0 Å². The molecule has 4 fully saturated rings. The number of esters is 1. The van der Waals surface area contributed by atoms with E-state index in [0.717, 1.165) is 31.7 Å². The highest BCUT2D eigenvalue weighted by Gasteiger charge is 2.63. The molecule has 2 unspecified atom stereocenters. The van der Waals surface area contributed by atoms with Gasteiger partial charge in [0.2, 0.25) is 0 Å². The second-order valence-electron chi connectivity index (χ2n) is 8.85. The Labute approximate surface area is 135 Å². The molecule has 0 heterocycles. The van der Waals surface area contributed by atoms with Crippen LogP contribution in [0.15, 0.2) is 0 Å². The van der Waals surface area contributed by atoms with E-state index in [1.807, 2.05) is 14.1 Å². The fraction of sp³-hybridized carbons (Fsp3) is 0.941. The number of carbonyl (C=O) groups excluding carboxylic acids is 1. The lowest BCUT2D eigenvalue weighted by Gasteiger charge is -2.64. The van der Waals surface area contributed by atoms with Crippen LogP contribution >= 0.6 is 12.4 Å². The summed E-state index contributed by atoms with van der Waals surface area (Å²) in [5.41, 5.74) is 0.610. The van der Waals surface area contributed by atoms with Gasteiger partial charge in [0.1, 0.15) is 6.61 Å². The third-order valence-corrected chi connectivity index (χ3v) is 5.83. The maximum atomic E-state index is 12.7. The lowest BCUT2D eigenvalue weighted by Crippen LogP contribution is -2.58. The maximum absolute atomic E-state index is 12.7. The van der Waals surface area contributed by atoms with E-state index in [0.29, 0.717) is 17.4 Å². The molecule has 0 aromatic heterocycles. The van der Waals surface area contributed by atoms with E-state index in [2.05, 4.69) is 18.7 Å². The van der Waals surface area contributed by atoms with Gasteiger partial charge in [0.25, 0.3) is 0 Å². The molecule has 4 bridgehead atoms. The number of likely N-dealkylation sites (N-methyl/N-ethyl adjacent to an activating group) is 1. The third-order valence-electron chi connectivity index (χ3n) is 5.83. The van der Waals surface area contributed by atoms with Crippen LogP contribution in [0.1, 0.15) is 52.4 Å². The predicted molar refractivity (Wildman–Crippen MR) is 86.6 cm³/mol. The van der Waals surface area contributed by atoms with Gasteiger partial charge in [-0.05, 0) is 69.4 Å². The molecule has 21 heavy (non-hydrogen) atoms. The number of nitrogens with zero attached hydrogens (tertiary/aromatic N) is 1. The van der Waals surface area contributed by atoms with Crippen molar-refractivity contribution in [3.63, 3.8) is 0 Å². The van der Waals surface area contributed by atoms with Gasteiger partial charge in [0.05, 0.1) is 5.41 Å². The largest absolute Gasteiger partial charge is 0.464 e. The van der Waals surface area contributed by atoms with Crippen LogP contribution in [0.2, 0.25) is 0 Å². The minimum Gasteiger partial charge on any atom is -0.464 e. The fourth-order valence-corrected chi connectivity index (χ4v) is 6.15. The van der Waals surface area contributed by atoms with E-state index in [9.17, 15) is 4.79 Å². The first-order valence-electron chi connectivity index (χ1n) is 8.06. The Hall–Kier alpha value is -0.280. The lowest BCUT2D eigenvalue weighted by atomic mass is 9.40. The predicted octanol–water partition coefficient (Wildman–Crippen LogP) is 3.51. The SMILES string of the molecule is CN(C)CCOC(=O)C12CC3CC(C)(CC(C)(C3)C1)C2.Cl. The van der Waals surface area contributed by atoms with Crippen molar-refractivity contribution in [3.05, 3.63) is 0 Å². The van der Waals surface area contributed by atoms with Gasteiger partial charge in [-0.15, -0.1) is 12.4 Å². The third kappa shape index (κ3) is 3.10. The van der Waals surface area contributed by atoms with Crippen molar-refractivity contribution in [1.29, 1.82) is 0 Å². The molecule has 0 saturated heterocycles. The van der Waals surface area contributed by atoms with Crippen molar-refractivity contribution in [1.82, 2.24) is 4.90 Å². The molecule has 2 atom stereocenters. The monoisotopic (exact) mass is 315 g/mol. The van der Waals surface area contributed by atoms with Gasteiger partial charge in [-0.25, -0.2) is 0 Å². The molecule has 0 aliphatic heterocycles. The summed E-state index contributed by atoms with van der Waals surface area (Å²) >= 11 is 0. The average molecular weight is 316 g/mol. The molecular formula is C17H30ClNO2. The molecule has 0 aromatic rings. The van der Waals surface area contributed by atoms with Crippen LogP contribution in [0.4, 0.5) is 0 Å². The standard InChI is InChI=1S/C17H29NO2.ClH/c1-15-7-13-8-16(2,10-15)12-17(9-13,11-15)14(19)20-6-5-18(3)4;/h13H,5-12H2,1-4H3;1H. The molecule has 4 aliphatic carbocycles. The number of halogens is 1. The molecule has 0 aromatic carbocycles. The molecule has 4 saturated carbocycles. The molecule has 122 valence electrons. The van der Waals surface area contributed by atoms with Gasteiger partial charge in [0, 0.05) is 6.54 Å². The van der Waals surface area contributed by atoms with Gasteiger partial charge in [-0.1, -0.05) is 13.8 Å². The van der Waals surface area contributed by atoms with Crippen molar-refractivity contribution >= 4 is 18.4 Å². The highest BCUT2D eigenvalue weighted by Crippen LogP contribution is 2.69. The summed E-state index contributed by atoms with van der Waals surface area (Å²) in [6.07, 6.45) is 7.17. The van der Waals surface area contributed by atoms with Crippen molar-refractivity contribution in [2.75, 3.05) is 27.2 Å². The van der Waals surface area contributed by atoms with E-state index in [4.69, 9.17) is 4.74 Å². The highest BCUT2D eigenvalue weighted by atomic mass is 35.5. The molecule has 0 spiro atoms. The van der Waals surface area contributed by atoms with Crippen LogP contribution in [0, 0.1) is 22.2 Å². The Morgan fingerprint density at radius 1 is 1.10 bits per heavy atom. The Bertz CT molecular complexity index is 405. The van der Waals surface area contributed by atoms with Gasteiger partial charge in [0.15, 0.2) is 0 Å². The highest BCUT2D eigenvalue weighted by molar-refractivity contribution is 5.85. The van der Waals surface area contributed by atoms with Crippen molar-refractivity contribution in [2.24, 2.45) is 22.2 Å². The summed E-state index contributed by atoms with van der Waals surface area (Å²) in [6.45, 7) is 6.15. The smallest absolute Gasteiger partial charge is 0.312 e. The Morgan fingerprint density at radius 3 is 2.14 bits per heavy atom. The van der Waals surface area contributed by atoms with Crippen molar-refractivity contribution < 1.29 is 9.53 Å². The second kappa shape index (κ2) is 5.42. The Balaban J connectivity index is 0.00000161. The lowest BCUT2D eigenvalue weighted by molar-refractivity contribution is -0.191. The summed E-state index contributed by atoms with van der Waals surface area (Å²) in [5.74, 6) is 0.851. The second-order valence-corrected chi connectivity index (χ2v) is 8.85. The van der Waals surface area contributed by atoms with Gasteiger partial charge in [-0.3, -0.25) is 4.79 Å². The minimum absolute atomic E-state index is 0. The molecule has 4 heteroatoms. The molecule has 4 aliphatic rings. The number of hydrogen-bond donors (Lipinski definition) is 0. The van der Waals surface area contributed by atoms with E-state index < -0.39 is 0 Å². The summed E-state index contributed by atoms with van der Waals surface area (Å²) in [6, 6.07) is 0. The molecular weight excluding hydrogens is 286 g/mol. The molecule has 3 nitrogen and oxygen atoms in total. The molecule has 0 N–H and O–H groups in total. The normalized spacial score (nSPS) is 43.8. The van der Waals surface area contributed by atoms with E-state index in [1.54, 1.807) is 0 Å². The van der Waals surface area contributed by atoms with Gasteiger partial charge >= 0.3 is 5.97 Å². The molecule has 4 rings (SSSR count). The van der Waals surface area contributed by atoms with Crippen LogP contribution in [-0.2, 0) is 9.53 Å². The average Bonchev–Trinajstić information content (AvgIpc) is 2.22. The van der Waals surface area contributed by atoms with Crippen molar-refractivity contribution in [2.45, 2.75) is 52.4 Å². The van der Waals surface area contributed by atoms with Crippen LogP contribution in [-0.4, -0.2) is 38.1 Å². The van der Waals surface area contributed by atoms with Crippen LogP contribution in [0.3, 0.4) is 0 Å². The zero-order valence-corrected chi connectivity index (χ0v) is 14.7. The van der Waals surface area contributed by atoms with E-state index >= 15 is 0 Å². The summed E-state index contributed by atoms with van der Waals surface area (Å²) in [7, 11) is 4.03. The first kappa shape index (κ1) is 17.1. The number of carbonyl (C=O) groups is 1. The van der Waals surface area contributed by atoms with E-state index in [1.165, 1.54) is 19.3 Å². The first-order chi connectivity index (χ1) is 9.24. The first-order valence-corrected chi connectivity index (χ1v) is 8.06. The fourth-order valence-electron chi connectivity index (χ4n) is 6.15.